The Balaban J connectivity index is 1.77. The average Bonchev–Trinajstić information content (AvgIpc) is 2.55. The monoisotopic (exact) mass is 368 g/mol. The first-order valence-corrected chi connectivity index (χ1v) is 7.66. The van der Waals surface area contributed by atoms with Crippen LogP contribution in [0.5, 0.6) is 5.75 Å². The second kappa shape index (κ2) is 8.52. The highest BCUT2D eigenvalue weighted by Crippen LogP contribution is 2.22. The molecule has 126 valence electrons. The molecule has 0 unspecified atom stereocenters. The van der Waals surface area contributed by atoms with Crippen molar-refractivity contribution < 1.29 is 19.1 Å². The Hall–Kier alpha value is -2.31. The topological polar surface area (TPSA) is 77.5 Å². The number of carbonyl (C=O) groups excluding carboxylic acids is 2. The molecule has 0 aliphatic heterocycles. The number of hydrogen-bond donors (Lipinski definition) is 1. The largest absolute Gasteiger partial charge is 0.482 e. The highest BCUT2D eigenvalue weighted by atomic mass is 35.5. The molecular weight excluding hydrogens is 355 g/mol. The molecule has 1 amide bonds. The molecule has 0 saturated heterocycles. The fourth-order valence-corrected chi connectivity index (χ4v) is 2.14. The lowest BCUT2D eigenvalue weighted by Gasteiger charge is -2.09. The maximum Gasteiger partial charge on any atom is 0.344 e. The molecule has 6 nitrogen and oxygen atoms in total. The Bertz CT molecular complexity index is 753. The third kappa shape index (κ3) is 5.40. The van der Waals surface area contributed by atoms with Crippen LogP contribution in [-0.4, -0.2) is 30.1 Å². The third-order valence-corrected chi connectivity index (χ3v) is 3.36. The van der Waals surface area contributed by atoms with Gasteiger partial charge in [-0.2, -0.15) is 0 Å². The number of aromatic nitrogens is 1. The molecule has 0 bridgehead atoms. The Morgan fingerprint density at radius 1 is 1.21 bits per heavy atom. The Kier molecular flexibility index (Phi) is 6.40. The minimum absolute atomic E-state index is 0.137. The molecule has 0 aliphatic carbocycles. The summed E-state index contributed by atoms with van der Waals surface area (Å²) in [6.07, 6.45) is 1.34. The van der Waals surface area contributed by atoms with Crippen LogP contribution in [0.15, 0.2) is 36.5 Å². The fourth-order valence-electron chi connectivity index (χ4n) is 1.72. The van der Waals surface area contributed by atoms with E-state index in [0.717, 1.165) is 5.56 Å². The molecule has 2 rings (SSSR count). The SMILES string of the molecule is Cc1ccccc1OCC(=O)OCC(=O)Nc1ncc(Cl)cc1Cl. The van der Waals surface area contributed by atoms with E-state index in [1.165, 1.54) is 12.3 Å². The van der Waals surface area contributed by atoms with Gasteiger partial charge in [-0.25, -0.2) is 9.78 Å². The lowest BCUT2D eigenvalue weighted by atomic mass is 10.2. The minimum Gasteiger partial charge on any atom is -0.482 e. The van der Waals surface area contributed by atoms with Crippen LogP contribution < -0.4 is 10.1 Å². The number of rotatable bonds is 6. The highest BCUT2D eigenvalue weighted by molar-refractivity contribution is 6.36. The summed E-state index contributed by atoms with van der Waals surface area (Å²) in [6, 6.07) is 8.69. The van der Waals surface area contributed by atoms with E-state index >= 15 is 0 Å². The number of nitrogens with zero attached hydrogens (tertiary/aromatic N) is 1. The Labute approximate surface area is 148 Å². The van der Waals surface area contributed by atoms with Crippen LogP contribution in [0.2, 0.25) is 10.0 Å². The molecular formula is C16H14Cl2N2O4. The second-order valence-electron chi connectivity index (χ2n) is 4.75. The standard InChI is InChI=1S/C16H14Cl2N2O4/c1-10-4-2-3-5-13(10)23-9-15(22)24-8-14(21)20-16-12(18)6-11(17)7-19-16/h2-7H,8-9H2,1H3,(H,19,20,21). The molecule has 1 heterocycles. The number of esters is 1. The van der Waals surface area contributed by atoms with Crippen molar-refractivity contribution >= 4 is 40.9 Å². The molecule has 1 N–H and O–H groups in total. The number of benzene rings is 1. The van der Waals surface area contributed by atoms with Gasteiger partial charge in [-0.3, -0.25) is 4.79 Å². The third-order valence-electron chi connectivity index (χ3n) is 2.87. The van der Waals surface area contributed by atoms with Crippen LogP contribution in [0.3, 0.4) is 0 Å². The van der Waals surface area contributed by atoms with E-state index in [-0.39, 0.29) is 17.4 Å². The number of carbonyl (C=O) groups is 2. The number of pyridine rings is 1. The van der Waals surface area contributed by atoms with Gasteiger partial charge in [0.15, 0.2) is 19.0 Å². The zero-order chi connectivity index (χ0) is 17.5. The van der Waals surface area contributed by atoms with Crippen molar-refractivity contribution in [2.45, 2.75) is 6.92 Å². The smallest absolute Gasteiger partial charge is 0.344 e. The Morgan fingerprint density at radius 2 is 1.96 bits per heavy atom. The van der Waals surface area contributed by atoms with Crippen molar-refractivity contribution in [2.24, 2.45) is 0 Å². The van der Waals surface area contributed by atoms with Crippen LogP contribution >= 0.6 is 23.2 Å². The van der Waals surface area contributed by atoms with E-state index in [0.29, 0.717) is 10.8 Å². The predicted octanol–water partition coefficient (Wildman–Crippen LogP) is 3.26. The molecule has 0 fully saturated rings. The predicted molar refractivity (Wildman–Crippen MR) is 90.5 cm³/mol. The van der Waals surface area contributed by atoms with Crippen molar-refractivity contribution in [2.75, 3.05) is 18.5 Å². The summed E-state index contributed by atoms with van der Waals surface area (Å²) in [4.78, 5) is 27.2. The van der Waals surface area contributed by atoms with Gasteiger partial charge in [-0.15, -0.1) is 0 Å². The normalized spacial score (nSPS) is 10.1. The van der Waals surface area contributed by atoms with E-state index in [4.69, 9.17) is 32.7 Å². The van der Waals surface area contributed by atoms with Gasteiger partial charge in [0, 0.05) is 6.20 Å². The van der Waals surface area contributed by atoms with Crippen molar-refractivity contribution in [1.29, 1.82) is 0 Å². The van der Waals surface area contributed by atoms with Crippen molar-refractivity contribution in [1.82, 2.24) is 4.98 Å². The summed E-state index contributed by atoms with van der Waals surface area (Å²) < 4.78 is 10.2. The van der Waals surface area contributed by atoms with Gasteiger partial charge in [0.1, 0.15) is 5.75 Å². The molecule has 0 atom stereocenters. The van der Waals surface area contributed by atoms with Crippen LogP contribution in [0.1, 0.15) is 5.56 Å². The van der Waals surface area contributed by atoms with Gasteiger partial charge < -0.3 is 14.8 Å². The molecule has 1 aromatic heterocycles. The number of amides is 1. The number of nitrogens with one attached hydrogen (secondary N) is 1. The fraction of sp³-hybridized carbons (Fsp3) is 0.188. The van der Waals surface area contributed by atoms with Gasteiger partial charge in [0.25, 0.3) is 5.91 Å². The first-order valence-electron chi connectivity index (χ1n) is 6.90. The van der Waals surface area contributed by atoms with E-state index in [2.05, 4.69) is 10.3 Å². The maximum atomic E-state index is 11.7. The number of anilines is 1. The summed E-state index contributed by atoms with van der Waals surface area (Å²) in [5, 5.41) is 2.95. The summed E-state index contributed by atoms with van der Waals surface area (Å²) in [5.41, 5.74) is 0.895. The minimum atomic E-state index is -0.663. The summed E-state index contributed by atoms with van der Waals surface area (Å²) in [5.74, 6) is -0.520. The van der Waals surface area contributed by atoms with Crippen molar-refractivity contribution in [3.05, 3.63) is 52.1 Å². The zero-order valence-electron chi connectivity index (χ0n) is 12.7. The van der Waals surface area contributed by atoms with Gasteiger partial charge in [-0.1, -0.05) is 41.4 Å². The van der Waals surface area contributed by atoms with E-state index in [9.17, 15) is 9.59 Å². The molecule has 24 heavy (non-hydrogen) atoms. The molecule has 2 aromatic rings. The van der Waals surface area contributed by atoms with Crippen LogP contribution in [0, 0.1) is 6.92 Å². The molecule has 0 spiro atoms. The van der Waals surface area contributed by atoms with Gasteiger partial charge in [0.05, 0.1) is 10.0 Å². The van der Waals surface area contributed by atoms with E-state index in [1.54, 1.807) is 12.1 Å². The first kappa shape index (κ1) is 18.0. The Morgan fingerprint density at radius 3 is 2.67 bits per heavy atom. The number of aryl methyl sites for hydroxylation is 1. The van der Waals surface area contributed by atoms with Crippen molar-refractivity contribution in [3.8, 4) is 5.75 Å². The summed E-state index contributed by atoms with van der Waals surface area (Å²) in [7, 11) is 0. The second-order valence-corrected chi connectivity index (χ2v) is 5.59. The summed E-state index contributed by atoms with van der Waals surface area (Å²) in [6.45, 7) is 1.09. The average molecular weight is 369 g/mol. The number of para-hydroxylation sites is 1. The molecule has 1 aromatic carbocycles. The summed E-state index contributed by atoms with van der Waals surface area (Å²) >= 11 is 11.6. The molecule has 0 aliphatic rings. The maximum absolute atomic E-state index is 11.7. The van der Waals surface area contributed by atoms with Gasteiger partial charge >= 0.3 is 5.97 Å². The number of halogens is 2. The lowest BCUT2D eigenvalue weighted by molar-refractivity contribution is -0.149. The van der Waals surface area contributed by atoms with Crippen LogP contribution in [0.25, 0.3) is 0 Å². The van der Waals surface area contributed by atoms with Crippen molar-refractivity contribution in [3.63, 3.8) is 0 Å². The zero-order valence-corrected chi connectivity index (χ0v) is 14.2. The van der Waals surface area contributed by atoms with E-state index < -0.39 is 18.5 Å². The van der Waals surface area contributed by atoms with Gasteiger partial charge in [-0.05, 0) is 24.6 Å². The first-order chi connectivity index (χ1) is 11.5. The molecule has 8 heteroatoms. The van der Waals surface area contributed by atoms with E-state index in [1.807, 2.05) is 19.1 Å². The highest BCUT2D eigenvalue weighted by Gasteiger charge is 2.11. The number of ether oxygens (including phenoxy) is 2. The van der Waals surface area contributed by atoms with Gasteiger partial charge in [0.2, 0.25) is 0 Å². The molecule has 0 saturated carbocycles. The van der Waals surface area contributed by atoms with Crippen LogP contribution in [0.4, 0.5) is 5.82 Å². The quantitative estimate of drug-likeness (QED) is 0.791. The van der Waals surface area contributed by atoms with Crippen LogP contribution in [-0.2, 0) is 14.3 Å². The number of hydrogen-bond acceptors (Lipinski definition) is 5. The molecule has 0 radical (unpaired) electrons. The lowest BCUT2D eigenvalue weighted by Crippen LogP contribution is -2.24.